The summed E-state index contributed by atoms with van der Waals surface area (Å²) < 4.78 is 47.0. The molecule has 8 heteroatoms. The summed E-state index contributed by atoms with van der Waals surface area (Å²) in [5, 5.41) is 0. The number of fused-ring (bicyclic) bond motifs is 1. The van der Waals surface area contributed by atoms with Gasteiger partial charge in [0.05, 0.1) is 51.3 Å². The molecule has 9 atom stereocenters. The van der Waals surface area contributed by atoms with Crippen molar-refractivity contribution in [3.05, 3.63) is 156 Å². The maximum atomic E-state index is 12.8. The van der Waals surface area contributed by atoms with Crippen molar-refractivity contribution in [1.29, 1.82) is 0 Å². The zero-order valence-electron chi connectivity index (χ0n) is 30.7. The molecule has 0 unspecified atom stereocenters. The average molecular weight is 719 g/mol. The van der Waals surface area contributed by atoms with Crippen LogP contribution in [-0.4, -0.2) is 55.0 Å². The highest BCUT2D eigenvalue weighted by Gasteiger charge is 2.60. The van der Waals surface area contributed by atoms with Gasteiger partial charge in [-0.2, -0.15) is 0 Å². The number of benzene rings is 4. The summed E-state index contributed by atoms with van der Waals surface area (Å²) in [6.07, 6.45) is 0.978. The van der Waals surface area contributed by atoms with E-state index in [-0.39, 0.29) is 29.8 Å². The molecular weight excluding hydrogens is 668 g/mol. The second kappa shape index (κ2) is 17.3. The van der Waals surface area contributed by atoms with E-state index < -0.39 is 36.3 Å². The molecule has 2 aliphatic carbocycles. The van der Waals surface area contributed by atoms with Gasteiger partial charge >= 0.3 is 5.97 Å². The van der Waals surface area contributed by atoms with Gasteiger partial charge < -0.3 is 33.2 Å². The van der Waals surface area contributed by atoms with Gasteiger partial charge in [0.2, 0.25) is 0 Å². The van der Waals surface area contributed by atoms with Crippen LogP contribution in [0.25, 0.3) is 0 Å². The Morgan fingerprint density at radius 1 is 0.585 bits per heavy atom. The third-order valence-electron chi connectivity index (χ3n) is 10.4. The van der Waals surface area contributed by atoms with Crippen LogP contribution in [0.3, 0.4) is 0 Å². The number of hydrogen-bond acceptors (Lipinski definition) is 8. The van der Waals surface area contributed by atoms with E-state index in [1.54, 1.807) is 0 Å². The summed E-state index contributed by atoms with van der Waals surface area (Å²) in [6.45, 7) is 7.09. The fraction of sp³-hybridized carbons (Fsp3) is 0.400. The number of rotatable bonds is 14. The molecule has 1 saturated heterocycles. The van der Waals surface area contributed by atoms with Gasteiger partial charge in [0.25, 0.3) is 0 Å². The Balaban J connectivity index is 1.34. The minimum atomic E-state index is -0.746. The van der Waals surface area contributed by atoms with Gasteiger partial charge in [-0.05, 0) is 42.2 Å². The molecule has 53 heavy (non-hydrogen) atoms. The van der Waals surface area contributed by atoms with Gasteiger partial charge in [0.1, 0.15) is 18.3 Å². The Bertz CT molecular complexity index is 1750. The molecule has 4 aromatic rings. The van der Waals surface area contributed by atoms with Crippen LogP contribution in [0.15, 0.2) is 133 Å². The van der Waals surface area contributed by atoms with E-state index in [0.29, 0.717) is 33.0 Å². The van der Waals surface area contributed by atoms with Crippen LogP contribution in [0.1, 0.15) is 43.0 Å². The standard InChI is InChI=1S/C45H50O8/c1-31(46)52-37-25-24-36(38-30-51-45(2,3)53-38)39-40(37)42(48-27-33-18-10-5-11-19-33)44(50-29-35-22-14-7-15-23-35)43(49-28-34-20-12-6-13-21-34)41(39)47-26-32-16-8-4-9-17-32/h4-25,36-44H,26-30H2,1-3H3/t36-,37+,38-,39-,40+,41-,42-,43+,44+/m1/s1. The van der Waals surface area contributed by atoms with Crippen molar-refractivity contribution in [2.75, 3.05) is 6.61 Å². The van der Waals surface area contributed by atoms with Crippen molar-refractivity contribution < 1.29 is 38.0 Å². The Morgan fingerprint density at radius 2 is 0.981 bits per heavy atom. The highest BCUT2D eigenvalue weighted by Crippen LogP contribution is 2.50. The first kappa shape index (κ1) is 37.2. The van der Waals surface area contributed by atoms with Crippen LogP contribution in [0, 0.1) is 17.8 Å². The number of carbonyl (C=O) groups excluding carboxylic acids is 1. The maximum absolute atomic E-state index is 12.8. The Labute approximate surface area is 313 Å². The molecule has 3 aliphatic rings. The van der Waals surface area contributed by atoms with Crippen LogP contribution in [0.5, 0.6) is 0 Å². The quantitative estimate of drug-likeness (QED) is 0.0964. The summed E-state index contributed by atoms with van der Waals surface area (Å²) in [4.78, 5) is 12.8. The summed E-state index contributed by atoms with van der Waals surface area (Å²) in [5.41, 5.74) is 4.12. The molecule has 4 aromatic carbocycles. The normalized spacial score (nSPS) is 29.0. The second-order valence-electron chi connectivity index (χ2n) is 14.6. The van der Waals surface area contributed by atoms with Crippen LogP contribution in [0.2, 0.25) is 0 Å². The molecule has 0 bridgehead atoms. The smallest absolute Gasteiger partial charge is 0.303 e. The molecule has 0 radical (unpaired) electrons. The van der Waals surface area contributed by atoms with Gasteiger partial charge in [-0.25, -0.2) is 0 Å². The molecule has 2 fully saturated rings. The van der Waals surface area contributed by atoms with Gasteiger partial charge in [-0.3, -0.25) is 4.79 Å². The van der Waals surface area contributed by atoms with Crippen molar-refractivity contribution >= 4 is 5.97 Å². The molecule has 1 aliphatic heterocycles. The van der Waals surface area contributed by atoms with E-state index in [1.807, 2.05) is 105 Å². The summed E-state index contributed by atoms with van der Waals surface area (Å²) >= 11 is 0. The van der Waals surface area contributed by atoms with Gasteiger partial charge in [0.15, 0.2) is 5.79 Å². The van der Waals surface area contributed by atoms with E-state index in [0.717, 1.165) is 22.3 Å². The van der Waals surface area contributed by atoms with Gasteiger partial charge in [-0.15, -0.1) is 0 Å². The fourth-order valence-electron chi connectivity index (χ4n) is 8.07. The van der Waals surface area contributed by atoms with E-state index >= 15 is 0 Å². The van der Waals surface area contributed by atoms with Crippen molar-refractivity contribution in [2.45, 2.75) is 89.6 Å². The average Bonchev–Trinajstić information content (AvgIpc) is 3.55. The first-order valence-electron chi connectivity index (χ1n) is 18.6. The van der Waals surface area contributed by atoms with Crippen LogP contribution in [0.4, 0.5) is 0 Å². The molecule has 0 spiro atoms. The lowest BCUT2D eigenvalue weighted by Crippen LogP contribution is -2.67. The SMILES string of the molecule is CC(=O)O[C@H]1C=C[C@H]([C@H]2COC(C)(C)O2)[C@H]2[C@@H](OCc3ccccc3)[C@H](OCc3ccccc3)[C@@H](OCc3ccccc3)[C@H](OCc3ccccc3)[C@H]21. The molecule has 0 N–H and O–H groups in total. The van der Waals surface area contributed by atoms with E-state index in [4.69, 9.17) is 33.2 Å². The molecule has 278 valence electrons. The lowest BCUT2D eigenvalue weighted by atomic mass is 9.61. The minimum absolute atomic E-state index is 0.171. The van der Waals surface area contributed by atoms with Crippen molar-refractivity contribution in [3.8, 4) is 0 Å². The topological polar surface area (TPSA) is 81.7 Å². The summed E-state index contributed by atoms with van der Waals surface area (Å²) in [5.74, 6) is -1.93. The lowest BCUT2D eigenvalue weighted by molar-refractivity contribution is -0.269. The van der Waals surface area contributed by atoms with Crippen molar-refractivity contribution in [1.82, 2.24) is 0 Å². The molecular formula is C45H50O8. The van der Waals surface area contributed by atoms with E-state index in [9.17, 15) is 4.79 Å². The zero-order valence-corrected chi connectivity index (χ0v) is 30.7. The van der Waals surface area contributed by atoms with Crippen molar-refractivity contribution in [2.24, 2.45) is 17.8 Å². The third-order valence-corrected chi connectivity index (χ3v) is 10.4. The number of carbonyl (C=O) groups is 1. The Hall–Kier alpha value is -4.15. The molecule has 1 saturated carbocycles. The molecule has 0 amide bonds. The number of hydrogen-bond donors (Lipinski definition) is 0. The first-order valence-corrected chi connectivity index (χ1v) is 18.6. The first-order chi connectivity index (χ1) is 25.8. The Morgan fingerprint density at radius 3 is 1.36 bits per heavy atom. The van der Waals surface area contributed by atoms with Crippen molar-refractivity contribution in [3.63, 3.8) is 0 Å². The molecule has 0 aromatic heterocycles. The summed E-state index contributed by atoms with van der Waals surface area (Å²) in [7, 11) is 0. The Kier molecular flexibility index (Phi) is 12.2. The minimum Gasteiger partial charge on any atom is -0.458 e. The van der Waals surface area contributed by atoms with Crippen LogP contribution >= 0.6 is 0 Å². The second-order valence-corrected chi connectivity index (χ2v) is 14.6. The van der Waals surface area contributed by atoms with E-state index in [1.165, 1.54) is 6.92 Å². The van der Waals surface area contributed by atoms with Gasteiger partial charge in [-0.1, -0.05) is 127 Å². The fourth-order valence-corrected chi connectivity index (χ4v) is 8.07. The molecule has 7 rings (SSSR count). The highest BCUT2D eigenvalue weighted by atomic mass is 16.7. The molecule has 8 nitrogen and oxygen atoms in total. The largest absolute Gasteiger partial charge is 0.458 e. The van der Waals surface area contributed by atoms with Crippen LogP contribution < -0.4 is 0 Å². The number of esters is 1. The monoisotopic (exact) mass is 718 g/mol. The predicted octanol–water partition coefficient (Wildman–Crippen LogP) is 7.84. The number of ether oxygens (including phenoxy) is 7. The highest BCUT2D eigenvalue weighted by molar-refractivity contribution is 5.66. The lowest BCUT2D eigenvalue weighted by Gasteiger charge is -2.55. The summed E-state index contributed by atoms with van der Waals surface area (Å²) in [6, 6.07) is 40.5. The van der Waals surface area contributed by atoms with E-state index in [2.05, 4.69) is 42.5 Å². The maximum Gasteiger partial charge on any atom is 0.303 e. The zero-order chi connectivity index (χ0) is 36.6. The third kappa shape index (κ3) is 9.33. The van der Waals surface area contributed by atoms with Crippen LogP contribution in [-0.2, 0) is 64.4 Å². The predicted molar refractivity (Wildman–Crippen MR) is 200 cm³/mol. The van der Waals surface area contributed by atoms with Gasteiger partial charge in [0, 0.05) is 24.7 Å². The molecule has 1 heterocycles.